The Hall–Kier alpha value is -3.56. The molecule has 2 amide bonds. The maximum atomic E-state index is 12.6. The lowest BCUT2D eigenvalue weighted by molar-refractivity contribution is 0.0913. The van der Waals surface area contributed by atoms with E-state index in [1.54, 1.807) is 19.4 Å². The number of aromatic nitrogens is 6. The molecule has 3 aromatic heterocycles. The second-order valence-electron chi connectivity index (χ2n) is 6.49. The van der Waals surface area contributed by atoms with Crippen molar-refractivity contribution in [1.82, 2.24) is 40.6 Å². The van der Waals surface area contributed by atoms with E-state index in [2.05, 4.69) is 35.9 Å². The molecule has 0 atom stereocenters. The zero-order valence-corrected chi connectivity index (χ0v) is 16.5. The highest BCUT2D eigenvalue weighted by Crippen LogP contribution is 2.12. The number of hydrogen-bond acceptors (Lipinski definition) is 6. The molecule has 10 nitrogen and oxygen atoms in total. The molecule has 0 unspecified atom stereocenters. The Kier molecular flexibility index (Phi) is 6.67. The van der Waals surface area contributed by atoms with Gasteiger partial charge in [0.1, 0.15) is 11.5 Å². The second kappa shape index (κ2) is 9.58. The summed E-state index contributed by atoms with van der Waals surface area (Å²) in [6, 6.07) is 3.69. The Morgan fingerprint density at radius 1 is 1.17 bits per heavy atom. The number of rotatable bonds is 9. The van der Waals surface area contributed by atoms with Crippen molar-refractivity contribution in [1.29, 1.82) is 0 Å². The van der Waals surface area contributed by atoms with Gasteiger partial charge in [0.25, 0.3) is 11.8 Å². The number of nitrogens with one attached hydrogen (secondary N) is 3. The number of aryl methyl sites for hydroxylation is 1. The van der Waals surface area contributed by atoms with Crippen molar-refractivity contribution in [3.05, 3.63) is 47.8 Å². The number of aromatic amines is 1. The summed E-state index contributed by atoms with van der Waals surface area (Å²) >= 11 is 0. The smallest absolute Gasteiger partial charge is 0.270 e. The minimum Gasteiger partial charge on any atom is -0.352 e. The number of hydrogen-bond donors (Lipinski definition) is 3. The fourth-order valence-corrected chi connectivity index (χ4v) is 2.76. The summed E-state index contributed by atoms with van der Waals surface area (Å²) in [5.74, 6) is 0.537. The molecule has 0 fully saturated rings. The predicted molar refractivity (Wildman–Crippen MR) is 106 cm³/mol. The highest BCUT2D eigenvalue weighted by Gasteiger charge is 2.21. The van der Waals surface area contributed by atoms with Crippen LogP contribution >= 0.6 is 0 Å². The molecule has 3 rings (SSSR count). The van der Waals surface area contributed by atoms with Gasteiger partial charge >= 0.3 is 0 Å². The van der Waals surface area contributed by atoms with Crippen LogP contribution in [0.5, 0.6) is 0 Å². The molecule has 0 aromatic carbocycles. The van der Waals surface area contributed by atoms with E-state index in [-0.39, 0.29) is 23.1 Å². The van der Waals surface area contributed by atoms with Crippen LogP contribution in [0.25, 0.3) is 11.4 Å². The topological polar surface area (TPSA) is 130 Å². The first kappa shape index (κ1) is 20.2. The third kappa shape index (κ3) is 5.03. The minimum absolute atomic E-state index is 0.229. The number of amides is 2. The average Bonchev–Trinajstić information content (AvgIpc) is 3.35. The van der Waals surface area contributed by atoms with Gasteiger partial charge in [-0.3, -0.25) is 24.4 Å². The van der Waals surface area contributed by atoms with Crippen LogP contribution in [0.2, 0.25) is 0 Å². The Labute approximate surface area is 168 Å². The molecule has 10 heteroatoms. The molecule has 0 saturated carbocycles. The zero-order chi connectivity index (χ0) is 20.6. The van der Waals surface area contributed by atoms with Crippen molar-refractivity contribution in [2.24, 2.45) is 7.05 Å². The van der Waals surface area contributed by atoms with Crippen LogP contribution in [0.15, 0.2) is 30.7 Å². The Morgan fingerprint density at radius 2 is 2.00 bits per heavy atom. The Balaban J connectivity index is 1.57. The molecule has 0 spiro atoms. The van der Waals surface area contributed by atoms with E-state index in [0.717, 1.165) is 18.4 Å². The third-order valence-corrected chi connectivity index (χ3v) is 4.31. The highest BCUT2D eigenvalue weighted by molar-refractivity contribution is 6.06. The normalized spacial score (nSPS) is 10.7. The lowest BCUT2D eigenvalue weighted by Gasteiger charge is -2.08. The van der Waals surface area contributed by atoms with E-state index in [4.69, 9.17) is 0 Å². The number of pyridine rings is 1. The number of nitrogens with zero attached hydrogens (tertiary/aromatic N) is 5. The van der Waals surface area contributed by atoms with Gasteiger partial charge in [0.2, 0.25) is 0 Å². The minimum atomic E-state index is -0.363. The van der Waals surface area contributed by atoms with Crippen LogP contribution in [0.3, 0.4) is 0 Å². The van der Waals surface area contributed by atoms with E-state index < -0.39 is 0 Å². The molecular weight excluding hydrogens is 372 g/mol. The van der Waals surface area contributed by atoms with E-state index in [0.29, 0.717) is 31.2 Å². The van der Waals surface area contributed by atoms with Gasteiger partial charge in [-0.15, -0.1) is 0 Å². The summed E-state index contributed by atoms with van der Waals surface area (Å²) in [5.41, 5.74) is 1.31. The van der Waals surface area contributed by atoms with Crippen LogP contribution in [-0.4, -0.2) is 54.8 Å². The SMILES string of the molecule is CCCCNC(=O)c1cnn(C)c1C(=O)NCCc1nc(-c2cccnc2)n[nH]1. The summed E-state index contributed by atoms with van der Waals surface area (Å²) in [7, 11) is 1.63. The van der Waals surface area contributed by atoms with Gasteiger partial charge in [0, 0.05) is 44.5 Å². The van der Waals surface area contributed by atoms with Gasteiger partial charge < -0.3 is 10.6 Å². The van der Waals surface area contributed by atoms with Crippen molar-refractivity contribution < 1.29 is 9.59 Å². The number of H-pyrrole nitrogens is 1. The fourth-order valence-electron chi connectivity index (χ4n) is 2.76. The van der Waals surface area contributed by atoms with E-state index in [1.807, 2.05) is 19.1 Å². The van der Waals surface area contributed by atoms with Gasteiger partial charge in [-0.1, -0.05) is 13.3 Å². The summed E-state index contributed by atoms with van der Waals surface area (Å²) < 4.78 is 1.40. The third-order valence-electron chi connectivity index (χ3n) is 4.31. The number of carbonyl (C=O) groups is 2. The maximum absolute atomic E-state index is 12.6. The van der Waals surface area contributed by atoms with Gasteiger partial charge in [-0.2, -0.15) is 10.2 Å². The van der Waals surface area contributed by atoms with Crippen LogP contribution in [0.1, 0.15) is 46.4 Å². The molecule has 0 bridgehead atoms. The monoisotopic (exact) mass is 396 g/mol. The Bertz CT molecular complexity index is 964. The van der Waals surface area contributed by atoms with Gasteiger partial charge in [0.05, 0.1) is 11.8 Å². The maximum Gasteiger partial charge on any atom is 0.270 e. The lowest BCUT2D eigenvalue weighted by Crippen LogP contribution is -2.32. The molecule has 0 radical (unpaired) electrons. The quantitative estimate of drug-likeness (QED) is 0.464. The average molecular weight is 396 g/mol. The van der Waals surface area contributed by atoms with Crippen LogP contribution in [0.4, 0.5) is 0 Å². The second-order valence-corrected chi connectivity index (χ2v) is 6.49. The molecule has 0 saturated heterocycles. The summed E-state index contributed by atoms with van der Waals surface area (Å²) in [5, 5.41) is 16.7. The molecule has 0 aliphatic heterocycles. The van der Waals surface area contributed by atoms with Crippen LogP contribution < -0.4 is 10.6 Å². The van der Waals surface area contributed by atoms with Crippen molar-refractivity contribution in [3.63, 3.8) is 0 Å². The predicted octanol–water partition coefficient (Wildman–Crippen LogP) is 1.10. The summed E-state index contributed by atoms with van der Waals surface area (Å²) in [4.78, 5) is 33.4. The summed E-state index contributed by atoms with van der Waals surface area (Å²) in [6.07, 6.45) is 7.10. The summed E-state index contributed by atoms with van der Waals surface area (Å²) in [6.45, 7) is 2.95. The van der Waals surface area contributed by atoms with Crippen molar-refractivity contribution in [3.8, 4) is 11.4 Å². The Morgan fingerprint density at radius 3 is 2.76 bits per heavy atom. The highest BCUT2D eigenvalue weighted by atomic mass is 16.2. The van der Waals surface area contributed by atoms with Gasteiger partial charge in [0.15, 0.2) is 5.82 Å². The van der Waals surface area contributed by atoms with E-state index in [9.17, 15) is 9.59 Å². The lowest BCUT2D eigenvalue weighted by atomic mass is 10.2. The van der Waals surface area contributed by atoms with E-state index in [1.165, 1.54) is 10.9 Å². The van der Waals surface area contributed by atoms with Crippen LogP contribution in [-0.2, 0) is 13.5 Å². The van der Waals surface area contributed by atoms with Crippen molar-refractivity contribution >= 4 is 11.8 Å². The molecular formula is C19H24N8O2. The zero-order valence-electron chi connectivity index (χ0n) is 16.5. The first-order valence-electron chi connectivity index (χ1n) is 9.50. The molecule has 152 valence electrons. The number of unbranched alkanes of at least 4 members (excludes halogenated alkanes) is 1. The van der Waals surface area contributed by atoms with Gasteiger partial charge in [-0.25, -0.2) is 4.98 Å². The fraction of sp³-hybridized carbons (Fsp3) is 0.368. The van der Waals surface area contributed by atoms with Gasteiger partial charge in [-0.05, 0) is 18.6 Å². The largest absolute Gasteiger partial charge is 0.352 e. The van der Waals surface area contributed by atoms with E-state index >= 15 is 0 Å². The first-order valence-corrected chi connectivity index (χ1v) is 9.50. The van der Waals surface area contributed by atoms with Crippen molar-refractivity contribution in [2.75, 3.05) is 13.1 Å². The molecule has 0 aliphatic carbocycles. The molecule has 3 N–H and O–H groups in total. The standard InChI is InChI=1S/C19H24N8O2/c1-3-4-9-21-18(28)14-12-23-27(2)16(14)19(29)22-10-7-15-24-17(26-25-15)13-6-5-8-20-11-13/h5-6,8,11-12H,3-4,7,9-10H2,1-2H3,(H,21,28)(H,22,29)(H,24,25,26). The molecule has 3 heterocycles. The molecule has 29 heavy (non-hydrogen) atoms. The number of carbonyl (C=O) groups excluding carboxylic acids is 2. The molecule has 0 aliphatic rings. The molecule has 3 aromatic rings. The van der Waals surface area contributed by atoms with Crippen LogP contribution in [0, 0.1) is 0 Å². The van der Waals surface area contributed by atoms with Crippen molar-refractivity contribution in [2.45, 2.75) is 26.2 Å². The first-order chi connectivity index (χ1) is 14.1.